The van der Waals surface area contributed by atoms with E-state index in [1.165, 1.54) is 4.31 Å². The van der Waals surface area contributed by atoms with Gasteiger partial charge in [-0.2, -0.15) is 4.31 Å². The topological polar surface area (TPSA) is 55.8 Å². The van der Waals surface area contributed by atoms with Gasteiger partial charge in [0.25, 0.3) is 0 Å². The van der Waals surface area contributed by atoms with E-state index >= 15 is 0 Å². The molecule has 0 amide bonds. The Morgan fingerprint density at radius 3 is 2.30 bits per heavy atom. The summed E-state index contributed by atoms with van der Waals surface area (Å²) >= 11 is 3.30. The lowest BCUT2D eigenvalue weighted by atomic mass is 10.1. The van der Waals surface area contributed by atoms with E-state index in [0.717, 1.165) is 0 Å². The summed E-state index contributed by atoms with van der Waals surface area (Å²) in [6.45, 7) is 2.03. The van der Waals surface area contributed by atoms with Crippen LogP contribution < -0.4 is 0 Å². The molecular weight excluding hydrogens is 346 g/mol. The number of nitrogens with zero attached hydrogens (tertiary/aromatic N) is 1. The Labute approximate surface area is 127 Å². The number of sulfonamides is 1. The van der Waals surface area contributed by atoms with Gasteiger partial charge in [-0.25, -0.2) is 8.42 Å². The lowest BCUT2D eigenvalue weighted by molar-refractivity contribution is -0.179. The third kappa shape index (κ3) is 2.53. The van der Waals surface area contributed by atoms with Crippen LogP contribution in [0.25, 0.3) is 0 Å². The fourth-order valence-corrected chi connectivity index (χ4v) is 5.05. The van der Waals surface area contributed by atoms with Crippen LogP contribution in [0, 0.1) is 0 Å². The fourth-order valence-electron chi connectivity index (χ4n) is 2.65. The lowest BCUT2D eigenvalue weighted by Gasteiger charge is -2.36. The number of hydrogen-bond donors (Lipinski definition) is 0. The summed E-state index contributed by atoms with van der Waals surface area (Å²) in [5.74, 6) is -0.556. The molecule has 2 fully saturated rings. The highest BCUT2D eigenvalue weighted by Gasteiger charge is 2.42. The Balaban J connectivity index is 1.79. The van der Waals surface area contributed by atoms with Crippen molar-refractivity contribution in [1.82, 2.24) is 4.31 Å². The third-order valence-electron chi connectivity index (χ3n) is 3.75. The molecule has 1 aromatic rings. The molecule has 0 saturated carbocycles. The van der Waals surface area contributed by atoms with E-state index in [0.29, 0.717) is 48.5 Å². The Bertz CT molecular complexity index is 588. The van der Waals surface area contributed by atoms with Crippen LogP contribution in [0.5, 0.6) is 0 Å². The lowest BCUT2D eigenvalue weighted by Crippen LogP contribution is -2.47. The largest absolute Gasteiger partial charge is 0.347 e. The molecule has 1 spiro atoms. The van der Waals surface area contributed by atoms with Crippen molar-refractivity contribution in [3.8, 4) is 0 Å². The van der Waals surface area contributed by atoms with Crippen molar-refractivity contribution < 1.29 is 17.9 Å². The molecule has 0 bridgehead atoms. The van der Waals surface area contributed by atoms with Gasteiger partial charge < -0.3 is 9.47 Å². The summed E-state index contributed by atoms with van der Waals surface area (Å²) in [7, 11) is -3.46. The van der Waals surface area contributed by atoms with Crippen LogP contribution in [0.1, 0.15) is 12.8 Å². The van der Waals surface area contributed by atoms with Gasteiger partial charge >= 0.3 is 0 Å². The van der Waals surface area contributed by atoms with Crippen LogP contribution in [0.3, 0.4) is 0 Å². The highest BCUT2D eigenvalue weighted by Crippen LogP contribution is 2.34. The summed E-state index contributed by atoms with van der Waals surface area (Å²) in [6.07, 6.45) is 1.16. The molecule has 7 heteroatoms. The Morgan fingerprint density at radius 2 is 1.70 bits per heavy atom. The molecule has 0 unspecified atom stereocenters. The minimum Gasteiger partial charge on any atom is -0.347 e. The van der Waals surface area contributed by atoms with E-state index in [-0.39, 0.29) is 0 Å². The zero-order valence-corrected chi connectivity index (χ0v) is 13.3. The van der Waals surface area contributed by atoms with Crippen LogP contribution in [-0.4, -0.2) is 44.8 Å². The molecule has 0 radical (unpaired) electrons. The molecule has 2 saturated heterocycles. The van der Waals surface area contributed by atoms with E-state index in [1.807, 2.05) is 0 Å². The van der Waals surface area contributed by atoms with E-state index in [4.69, 9.17) is 9.47 Å². The Kier molecular flexibility index (Phi) is 3.89. The second kappa shape index (κ2) is 5.38. The molecule has 0 N–H and O–H groups in total. The molecule has 2 aliphatic heterocycles. The number of halogens is 1. The molecule has 1 aromatic carbocycles. The van der Waals surface area contributed by atoms with E-state index in [2.05, 4.69) is 15.9 Å². The van der Waals surface area contributed by atoms with Gasteiger partial charge in [-0.1, -0.05) is 12.1 Å². The van der Waals surface area contributed by atoms with E-state index in [9.17, 15) is 8.42 Å². The van der Waals surface area contributed by atoms with Crippen LogP contribution in [0.4, 0.5) is 0 Å². The molecule has 2 aliphatic rings. The van der Waals surface area contributed by atoms with E-state index in [1.54, 1.807) is 24.3 Å². The van der Waals surface area contributed by atoms with Crippen molar-refractivity contribution in [2.24, 2.45) is 0 Å². The maximum atomic E-state index is 12.6. The van der Waals surface area contributed by atoms with Gasteiger partial charge in [-0.05, 0) is 28.1 Å². The van der Waals surface area contributed by atoms with Crippen molar-refractivity contribution in [2.45, 2.75) is 23.5 Å². The zero-order valence-electron chi connectivity index (χ0n) is 10.9. The first-order chi connectivity index (χ1) is 9.54. The number of rotatable bonds is 2. The van der Waals surface area contributed by atoms with Crippen LogP contribution in [0.15, 0.2) is 33.6 Å². The minimum atomic E-state index is -3.46. The van der Waals surface area contributed by atoms with Crippen molar-refractivity contribution in [2.75, 3.05) is 26.3 Å². The second-order valence-corrected chi connectivity index (χ2v) is 7.70. The highest BCUT2D eigenvalue weighted by atomic mass is 79.9. The van der Waals surface area contributed by atoms with Crippen molar-refractivity contribution in [3.63, 3.8) is 0 Å². The fraction of sp³-hybridized carbons (Fsp3) is 0.538. The Morgan fingerprint density at radius 1 is 1.10 bits per heavy atom. The summed E-state index contributed by atoms with van der Waals surface area (Å²) < 4.78 is 38.6. The second-order valence-electron chi connectivity index (χ2n) is 4.94. The first kappa shape index (κ1) is 14.5. The normalized spacial score (nSPS) is 23.2. The molecule has 0 aliphatic carbocycles. The summed E-state index contributed by atoms with van der Waals surface area (Å²) in [6, 6.07) is 6.88. The SMILES string of the molecule is O=S(=O)(c1ccccc1Br)N1CCC2(CC1)OCCO2. The highest BCUT2D eigenvalue weighted by molar-refractivity contribution is 9.10. The Hall–Kier alpha value is -0.470. The number of ether oxygens (including phenoxy) is 2. The summed E-state index contributed by atoms with van der Waals surface area (Å²) in [5, 5.41) is 0. The summed E-state index contributed by atoms with van der Waals surface area (Å²) in [5.41, 5.74) is 0. The molecule has 3 rings (SSSR count). The molecule has 5 nitrogen and oxygen atoms in total. The first-order valence-corrected chi connectivity index (χ1v) is 8.79. The maximum Gasteiger partial charge on any atom is 0.244 e. The van der Waals surface area contributed by atoms with Crippen LogP contribution in [0.2, 0.25) is 0 Å². The molecule has 2 heterocycles. The predicted molar refractivity (Wildman–Crippen MR) is 76.8 cm³/mol. The third-order valence-corrected chi connectivity index (χ3v) is 6.66. The van der Waals surface area contributed by atoms with Gasteiger partial charge in [-0.15, -0.1) is 0 Å². The number of benzene rings is 1. The molecule has 110 valence electrons. The van der Waals surface area contributed by atoms with Crippen molar-refractivity contribution >= 4 is 26.0 Å². The van der Waals surface area contributed by atoms with Crippen LogP contribution in [-0.2, 0) is 19.5 Å². The van der Waals surface area contributed by atoms with Gasteiger partial charge in [0.15, 0.2) is 5.79 Å². The molecular formula is C13H16BrNO4S. The zero-order chi connectivity index (χ0) is 14.2. The average Bonchev–Trinajstić information content (AvgIpc) is 2.88. The quantitative estimate of drug-likeness (QED) is 0.807. The van der Waals surface area contributed by atoms with Crippen molar-refractivity contribution in [1.29, 1.82) is 0 Å². The van der Waals surface area contributed by atoms with Crippen molar-refractivity contribution in [3.05, 3.63) is 28.7 Å². The van der Waals surface area contributed by atoms with E-state index < -0.39 is 15.8 Å². The summed E-state index contributed by atoms with van der Waals surface area (Å²) in [4.78, 5) is 0.309. The van der Waals surface area contributed by atoms with Gasteiger partial charge in [-0.3, -0.25) is 0 Å². The molecule has 20 heavy (non-hydrogen) atoms. The van der Waals surface area contributed by atoms with Crippen LogP contribution >= 0.6 is 15.9 Å². The smallest absolute Gasteiger partial charge is 0.244 e. The molecule has 0 aromatic heterocycles. The number of piperidine rings is 1. The molecule has 0 atom stereocenters. The van der Waals surface area contributed by atoms with Gasteiger partial charge in [0.1, 0.15) is 0 Å². The van der Waals surface area contributed by atoms with Gasteiger partial charge in [0.2, 0.25) is 10.0 Å². The standard InChI is InChI=1S/C13H16BrNO4S/c14-11-3-1-2-4-12(11)20(16,17)15-7-5-13(6-8-15)18-9-10-19-13/h1-4H,5-10H2. The number of hydrogen-bond acceptors (Lipinski definition) is 4. The monoisotopic (exact) mass is 361 g/mol. The average molecular weight is 362 g/mol. The van der Waals surface area contributed by atoms with Gasteiger partial charge in [0, 0.05) is 30.4 Å². The first-order valence-electron chi connectivity index (χ1n) is 6.56. The minimum absolute atomic E-state index is 0.309. The van der Waals surface area contributed by atoms with Gasteiger partial charge in [0.05, 0.1) is 18.1 Å². The predicted octanol–water partition coefficient (Wildman–Crippen LogP) is 1.98. The maximum absolute atomic E-state index is 12.6.